The summed E-state index contributed by atoms with van der Waals surface area (Å²) in [6.07, 6.45) is 0. The van der Waals surface area contributed by atoms with Gasteiger partial charge in [0.25, 0.3) is 0 Å². The molecule has 30 heavy (non-hydrogen) atoms. The van der Waals surface area contributed by atoms with Crippen molar-refractivity contribution in [3.05, 3.63) is 132 Å². The quantitative estimate of drug-likeness (QED) is 0.430. The fourth-order valence-electron chi connectivity index (χ4n) is 3.86. The molecule has 0 fully saturated rings. The summed E-state index contributed by atoms with van der Waals surface area (Å²) in [4.78, 5) is 14.0. The number of methoxy groups -OCH3 is 1. The third-order valence-corrected chi connectivity index (χ3v) is 5.31. The predicted molar refractivity (Wildman–Crippen MR) is 121 cm³/mol. The predicted octanol–water partition coefficient (Wildman–Crippen LogP) is 5.67. The van der Waals surface area contributed by atoms with Crippen LogP contribution in [-0.2, 0) is 10.2 Å². The van der Waals surface area contributed by atoms with Crippen LogP contribution in [0.4, 0.5) is 5.69 Å². The van der Waals surface area contributed by atoms with Crippen LogP contribution in [0.1, 0.15) is 16.7 Å². The van der Waals surface area contributed by atoms with E-state index in [4.69, 9.17) is 4.74 Å². The van der Waals surface area contributed by atoms with Gasteiger partial charge < -0.3 is 10.1 Å². The number of carbonyl (C=O) groups is 1. The number of hydrogen-bond donors (Lipinski definition) is 1. The van der Waals surface area contributed by atoms with Crippen molar-refractivity contribution in [3.63, 3.8) is 0 Å². The molecule has 1 N–H and O–H groups in total. The lowest BCUT2D eigenvalue weighted by Crippen LogP contribution is -2.42. The fourth-order valence-corrected chi connectivity index (χ4v) is 3.86. The second-order valence-corrected chi connectivity index (χ2v) is 7.03. The van der Waals surface area contributed by atoms with E-state index in [0.29, 0.717) is 5.69 Å². The SMILES string of the molecule is [11CH3]Oc1ccc(NC(=O)C(c2ccccc2)(c2ccccc2)c2ccccc2)cc1. The average Bonchev–Trinajstić information content (AvgIpc) is 2.82. The largest absolute Gasteiger partial charge is 0.497 e. The lowest BCUT2D eigenvalue weighted by Gasteiger charge is -2.34. The molecule has 0 aliphatic carbocycles. The second kappa shape index (κ2) is 8.66. The third-order valence-electron chi connectivity index (χ3n) is 5.31. The maximum absolute atomic E-state index is 14.0. The van der Waals surface area contributed by atoms with E-state index in [2.05, 4.69) is 5.32 Å². The zero-order valence-corrected chi connectivity index (χ0v) is 16.8. The highest BCUT2D eigenvalue weighted by Gasteiger charge is 2.43. The third kappa shape index (κ3) is 3.58. The van der Waals surface area contributed by atoms with E-state index in [0.717, 1.165) is 22.4 Å². The maximum Gasteiger partial charge on any atom is 0.244 e. The summed E-state index contributed by atoms with van der Waals surface area (Å²) >= 11 is 0. The molecule has 0 aliphatic heterocycles. The molecule has 3 nitrogen and oxygen atoms in total. The molecule has 4 aromatic rings. The first-order valence-corrected chi connectivity index (χ1v) is 9.87. The topological polar surface area (TPSA) is 38.3 Å². The van der Waals surface area contributed by atoms with Gasteiger partial charge in [0.05, 0.1) is 7.11 Å². The Bertz CT molecular complexity index is 995. The Morgan fingerprint density at radius 3 is 1.40 bits per heavy atom. The van der Waals surface area contributed by atoms with Crippen LogP contribution in [0, 0.1) is 0 Å². The first-order chi connectivity index (χ1) is 14.7. The van der Waals surface area contributed by atoms with Gasteiger partial charge in [0.15, 0.2) is 0 Å². The summed E-state index contributed by atoms with van der Waals surface area (Å²) in [5.74, 6) is 0.629. The van der Waals surface area contributed by atoms with E-state index in [1.54, 1.807) is 7.11 Å². The van der Waals surface area contributed by atoms with E-state index in [1.807, 2.05) is 115 Å². The van der Waals surface area contributed by atoms with Crippen molar-refractivity contribution in [2.45, 2.75) is 5.41 Å². The first-order valence-electron chi connectivity index (χ1n) is 9.87. The van der Waals surface area contributed by atoms with E-state index in [9.17, 15) is 4.79 Å². The van der Waals surface area contributed by atoms with Crippen LogP contribution in [0.25, 0.3) is 0 Å². The van der Waals surface area contributed by atoms with Gasteiger partial charge in [-0.15, -0.1) is 0 Å². The minimum Gasteiger partial charge on any atom is -0.497 e. The fraction of sp³-hybridized carbons (Fsp3) is 0.0741. The number of nitrogens with one attached hydrogen (secondary N) is 1. The minimum atomic E-state index is -0.996. The van der Waals surface area contributed by atoms with Crippen LogP contribution in [0.5, 0.6) is 5.75 Å². The van der Waals surface area contributed by atoms with Crippen molar-refractivity contribution >= 4 is 11.6 Å². The Morgan fingerprint density at radius 2 is 1.03 bits per heavy atom. The lowest BCUT2D eigenvalue weighted by molar-refractivity contribution is -0.119. The smallest absolute Gasteiger partial charge is 0.244 e. The number of anilines is 1. The standard InChI is InChI=1S/C27H23NO2/c1-30-25-19-17-24(18-20-25)28-26(29)27(21-11-5-2-6-12-21,22-13-7-3-8-14-22)23-15-9-4-10-16-23/h2-20H,1H3,(H,28,29)/i1-1. The highest BCUT2D eigenvalue weighted by atomic mass is 16.4. The Labute approximate surface area is 177 Å². The molecule has 0 unspecified atom stereocenters. The molecular formula is C27H23NO2. The number of rotatable bonds is 6. The van der Waals surface area contributed by atoms with Crippen LogP contribution < -0.4 is 10.1 Å². The number of hydrogen-bond acceptors (Lipinski definition) is 2. The zero-order chi connectivity index (χ0) is 20.8. The monoisotopic (exact) mass is 392 g/mol. The number of ether oxygens (including phenoxy) is 1. The number of benzene rings is 4. The molecule has 4 rings (SSSR count). The summed E-state index contributed by atoms with van der Waals surface area (Å²) < 4.78 is 5.24. The van der Waals surface area contributed by atoms with E-state index >= 15 is 0 Å². The average molecular weight is 392 g/mol. The molecule has 0 aliphatic rings. The van der Waals surface area contributed by atoms with Crippen LogP contribution in [0.3, 0.4) is 0 Å². The molecule has 0 radical (unpaired) electrons. The van der Waals surface area contributed by atoms with E-state index < -0.39 is 5.41 Å². The lowest BCUT2D eigenvalue weighted by atomic mass is 9.68. The summed E-state index contributed by atoms with van der Waals surface area (Å²) in [6, 6.07) is 37.1. The molecular weight excluding hydrogens is 369 g/mol. The molecule has 1 amide bonds. The van der Waals surface area contributed by atoms with Gasteiger partial charge in [-0.05, 0) is 41.0 Å². The summed E-state index contributed by atoms with van der Waals surface area (Å²) in [6.45, 7) is 0. The Balaban J connectivity index is 1.91. The second-order valence-electron chi connectivity index (χ2n) is 7.03. The first kappa shape index (κ1) is 19.5. The van der Waals surface area contributed by atoms with Gasteiger partial charge in [-0.3, -0.25) is 4.79 Å². The van der Waals surface area contributed by atoms with Crippen molar-refractivity contribution in [2.75, 3.05) is 12.4 Å². The van der Waals surface area contributed by atoms with Gasteiger partial charge in [-0.25, -0.2) is 0 Å². The summed E-state index contributed by atoms with van der Waals surface area (Å²) in [5, 5.41) is 3.14. The molecule has 4 aromatic carbocycles. The van der Waals surface area contributed by atoms with Gasteiger partial charge in [-0.1, -0.05) is 91.0 Å². The maximum atomic E-state index is 14.0. The van der Waals surface area contributed by atoms with Crippen molar-refractivity contribution in [3.8, 4) is 5.75 Å². The van der Waals surface area contributed by atoms with Crippen LogP contribution >= 0.6 is 0 Å². The Hall–Kier alpha value is -3.85. The van der Waals surface area contributed by atoms with Crippen LogP contribution in [-0.4, -0.2) is 13.0 Å². The normalized spacial score (nSPS) is 11.0. The van der Waals surface area contributed by atoms with E-state index in [1.165, 1.54) is 0 Å². The molecule has 3 heteroatoms. The minimum absolute atomic E-state index is 0.115. The molecule has 0 aromatic heterocycles. The molecule has 0 saturated heterocycles. The van der Waals surface area contributed by atoms with Gasteiger partial charge in [0.1, 0.15) is 11.2 Å². The van der Waals surface area contributed by atoms with Gasteiger partial charge in [0, 0.05) is 5.69 Å². The molecule has 0 saturated carbocycles. The van der Waals surface area contributed by atoms with Gasteiger partial charge in [-0.2, -0.15) is 0 Å². The van der Waals surface area contributed by atoms with Crippen molar-refractivity contribution < 1.29 is 9.53 Å². The van der Waals surface area contributed by atoms with Crippen molar-refractivity contribution in [1.82, 2.24) is 0 Å². The highest BCUT2D eigenvalue weighted by Crippen LogP contribution is 2.40. The van der Waals surface area contributed by atoms with Crippen LogP contribution in [0.15, 0.2) is 115 Å². The van der Waals surface area contributed by atoms with E-state index in [-0.39, 0.29) is 5.91 Å². The van der Waals surface area contributed by atoms with Crippen molar-refractivity contribution in [1.29, 1.82) is 0 Å². The highest BCUT2D eigenvalue weighted by molar-refractivity contribution is 6.04. The molecule has 0 heterocycles. The number of carbonyl (C=O) groups excluding carboxylic acids is 1. The zero-order valence-electron chi connectivity index (χ0n) is 16.8. The Kier molecular flexibility index (Phi) is 5.62. The Morgan fingerprint density at radius 1 is 0.633 bits per heavy atom. The molecule has 148 valence electrons. The summed E-state index contributed by atoms with van der Waals surface area (Å²) in [7, 11) is 1.62. The van der Waals surface area contributed by atoms with Crippen LogP contribution in [0.2, 0.25) is 0 Å². The molecule has 0 bridgehead atoms. The summed E-state index contributed by atoms with van der Waals surface area (Å²) in [5.41, 5.74) is 2.45. The van der Waals surface area contributed by atoms with Gasteiger partial charge in [0.2, 0.25) is 5.91 Å². The molecule has 0 spiro atoms. The van der Waals surface area contributed by atoms with Gasteiger partial charge >= 0.3 is 0 Å². The number of amides is 1. The van der Waals surface area contributed by atoms with Crippen molar-refractivity contribution in [2.24, 2.45) is 0 Å². The molecule has 0 atom stereocenters.